The molecule has 0 aromatic heterocycles. The molecule has 2 N–H and O–H groups in total. The van der Waals surface area contributed by atoms with E-state index in [0.29, 0.717) is 5.57 Å². The summed E-state index contributed by atoms with van der Waals surface area (Å²) in [6, 6.07) is 13.2. The van der Waals surface area contributed by atoms with Gasteiger partial charge in [0, 0.05) is 5.57 Å². The predicted octanol–water partition coefficient (Wildman–Crippen LogP) is 2.54. The number of thioether (sulfide) groups is 1. The van der Waals surface area contributed by atoms with Gasteiger partial charge in [-0.3, -0.25) is 0 Å². The van der Waals surface area contributed by atoms with E-state index in [4.69, 9.17) is 10.5 Å². The lowest BCUT2D eigenvalue weighted by Crippen LogP contribution is -2.22. The molecule has 6 heteroatoms. The van der Waals surface area contributed by atoms with Crippen LogP contribution in [0.3, 0.4) is 0 Å². The van der Waals surface area contributed by atoms with E-state index < -0.39 is 11.9 Å². The Kier molecular flexibility index (Phi) is 4.88. The molecule has 1 unspecified atom stereocenters. The van der Waals surface area contributed by atoms with Crippen LogP contribution in [0.5, 0.6) is 0 Å². The van der Waals surface area contributed by atoms with Crippen molar-refractivity contribution in [3.05, 3.63) is 51.4 Å². The third kappa shape index (κ3) is 2.83. The van der Waals surface area contributed by atoms with Crippen molar-refractivity contribution in [1.82, 2.24) is 0 Å². The van der Waals surface area contributed by atoms with Crippen molar-refractivity contribution >= 4 is 23.3 Å². The molecule has 0 bridgehead atoms. The van der Waals surface area contributed by atoms with Gasteiger partial charge in [0.25, 0.3) is 0 Å². The SMILES string of the molecule is CCOC(=O)C1=C(N)C(C#N)C(c2ccccc2)=C(C#N)S1. The highest BCUT2D eigenvalue weighted by Crippen LogP contribution is 2.44. The molecule has 1 aliphatic rings. The molecule has 0 radical (unpaired) electrons. The highest BCUT2D eigenvalue weighted by Gasteiger charge is 2.34. The smallest absolute Gasteiger partial charge is 0.346 e. The molecule has 0 saturated carbocycles. The molecule has 5 nitrogen and oxygen atoms in total. The van der Waals surface area contributed by atoms with Gasteiger partial charge < -0.3 is 10.5 Å². The number of nitrogens with two attached hydrogens (primary N) is 1. The minimum atomic E-state index is -0.849. The standard InChI is InChI=1S/C16H13N3O2S/c1-2-21-16(20)15-14(19)11(8-17)13(12(9-18)22-15)10-6-4-3-5-7-10/h3-7,11H,2,19H2,1H3. The number of ether oxygens (including phenoxy) is 1. The normalized spacial score (nSPS) is 17.7. The van der Waals surface area contributed by atoms with Gasteiger partial charge in [0.1, 0.15) is 16.9 Å². The largest absolute Gasteiger partial charge is 0.462 e. The Bertz CT molecular complexity index is 739. The summed E-state index contributed by atoms with van der Waals surface area (Å²) >= 11 is 0.957. The van der Waals surface area contributed by atoms with Crippen molar-refractivity contribution in [2.75, 3.05) is 6.61 Å². The molecule has 0 spiro atoms. The summed E-state index contributed by atoms with van der Waals surface area (Å²) in [6.45, 7) is 1.88. The van der Waals surface area contributed by atoms with Crippen molar-refractivity contribution in [3.8, 4) is 12.1 Å². The number of nitrogens with zero attached hydrogens (tertiary/aromatic N) is 2. The van der Waals surface area contributed by atoms with Crippen molar-refractivity contribution in [2.45, 2.75) is 6.92 Å². The highest BCUT2D eigenvalue weighted by molar-refractivity contribution is 8.08. The predicted molar refractivity (Wildman–Crippen MR) is 83.5 cm³/mol. The van der Waals surface area contributed by atoms with E-state index in [1.54, 1.807) is 19.1 Å². The summed E-state index contributed by atoms with van der Waals surface area (Å²) in [6.07, 6.45) is 0. The first kappa shape index (κ1) is 15.7. The van der Waals surface area contributed by atoms with Crippen LogP contribution in [-0.2, 0) is 9.53 Å². The average Bonchev–Trinajstić information content (AvgIpc) is 2.55. The van der Waals surface area contributed by atoms with Gasteiger partial charge in [0.05, 0.1) is 23.3 Å². The zero-order valence-corrected chi connectivity index (χ0v) is 12.7. The van der Waals surface area contributed by atoms with Crippen LogP contribution >= 0.6 is 11.8 Å². The number of allylic oxidation sites excluding steroid dienone is 2. The second-order valence-electron chi connectivity index (χ2n) is 4.39. The Morgan fingerprint density at radius 3 is 2.59 bits per heavy atom. The average molecular weight is 311 g/mol. The highest BCUT2D eigenvalue weighted by atomic mass is 32.2. The molecule has 1 aromatic rings. The van der Waals surface area contributed by atoms with Gasteiger partial charge in [0.2, 0.25) is 0 Å². The van der Waals surface area contributed by atoms with Crippen LogP contribution in [0.1, 0.15) is 12.5 Å². The second kappa shape index (κ2) is 6.84. The maximum Gasteiger partial charge on any atom is 0.346 e. The van der Waals surface area contributed by atoms with Crippen LogP contribution in [0.25, 0.3) is 5.57 Å². The molecular weight excluding hydrogens is 298 g/mol. The lowest BCUT2D eigenvalue weighted by Gasteiger charge is -2.23. The molecule has 22 heavy (non-hydrogen) atoms. The van der Waals surface area contributed by atoms with Crippen molar-refractivity contribution in [1.29, 1.82) is 10.5 Å². The van der Waals surface area contributed by atoms with Crippen LogP contribution < -0.4 is 5.73 Å². The number of hydrogen-bond donors (Lipinski definition) is 1. The first-order chi connectivity index (χ1) is 10.6. The summed E-state index contributed by atoms with van der Waals surface area (Å²) in [5, 5.41) is 18.9. The number of benzene rings is 1. The van der Waals surface area contributed by atoms with E-state index in [-0.39, 0.29) is 22.1 Å². The third-order valence-electron chi connectivity index (χ3n) is 3.09. The Hall–Kier alpha value is -2.70. The summed E-state index contributed by atoms with van der Waals surface area (Å²) < 4.78 is 4.94. The molecule has 2 rings (SSSR count). The first-order valence-electron chi connectivity index (χ1n) is 6.57. The summed E-state index contributed by atoms with van der Waals surface area (Å²) in [5.41, 5.74) is 7.40. The van der Waals surface area contributed by atoms with E-state index in [1.165, 1.54) is 0 Å². The van der Waals surface area contributed by atoms with Gasteiger partial charge in [-0.25, -0.2) is 4.79 Å². The summed E-state index contributed by atoms with van der Waals surface area (Å²) in [5.74, 6) is -1.46. The minimum absolute atomic E-state index is 0.115. The lowest BCUT2D eigenvalue weighted by atomic mass is 9.90. The van der Waals surface area contributed by atoms with Crippen LogP contribution in [0.2, 0.25) is 0 Å². The first-order valence-corrected chi connectivity index (χ1v) is 7.39. The molecule has 0 aliphatic carbocycles. The topological polar surface area (TPSA) is 99.9 Å². The second-order valence-corrected chi connectivity index (χ2v) is 5.41. The molecule has 1 heterocycles. The van der Waals surface area contributed by atoms with E-state index in [0.717, 1.165) is 17.3 Å². The van der Waals surface area contributed by atoms with Gasteiger partial charge in [-0.05, 0) is 12.5 Å². The van der Waals surface area contributed by atoms with Crippen molar-refractivity contribution in [3.63, 3.8) is 0 Å². The maximum atomic E-state index is 12.0. The number of rotatable bonds is 3. The number of carbonyl (C=O) groups excluding carboxylic acids is 1. The van der Waals surface area contributed by atoms with E-state index in [9.17, 15) is 15.3 Å². The number of carbonyl (C=O) groups is 1. The number of esters is 1. The van der Waals surface area contributed by atoms with Crippen molar-refractivity contribution < 1.29 is 9.53 Å². The third-order valence-corrected chi connectivity index (χ3v) is 4.21. The maximum absolute atomic E-state index is 12.0. The van der Waals surface area contributed by atoms with Crippen LogP contribution in [0, 0.1) is 28.6 Å². The molecule has 1 aromatic carbocycles. The summed E-state index contributed by atoms with van der Waals surface area (Å²) in [4.78, 5) is 12.4. The number of nitriles is 2. The number of hydrogen-bond acceptors (Lipinski definition) is 6. The van der Waals surface area contributed by atoms with Crippen LogP contribution in [0.4, 0.5) is 0 Å². The van der Waals surface area contributed by atoms with E-state index >= 15 is 0 Å². The van der Waals surface area contributed by atoms with Crippen LogP contribution in [0.15, 0.2) is 45.8 Å². The molecular formula is C16H13N3O2S. The molecule has 0 saturated heterocycles. The Balaban J connectivity index is 2.55. The van der Waals surface area contributed by atoms with Gasteiger partial charge in [-0.2, -0.15) is 10.5 Å². The minimum Gasteiger partial charge on any atom is -0.462 e. The van der Waals surface area contributed by atoms with Crippen molar-refractivity contribution in [2.24, 2.45) is 11.7 Å². The Labute approximate surface area is 132 Å². The van der Waals surface area contributed by atoms with E-state index in [1.807, 2.05) is 18.2 Å². The zero-order chi connectivity index (χ0) is 16.1. The molecule has 0 fully saturated rings. The summed E-state index contributed by atoms with van der Waals surface area (Å²) in [7, 11) is 0. The van der Waals surface area contributed by atoms with Gasteiger partial charge in [0.15, 0.2) is 0 Å². The zero-order valence-electron chi connectivity index (χ0n) is 11.9. The van der Waals surface area contributed by atoms with Gasteiger partial charge >= 0.3 is 5.97 Å². The fraction of sp³-hybridized carbons (Fsp3) is 0.188. The molecule has 0 amide bonds. The lowest BCUT2D eigenvalue weighted by molar-refractivity contribution is -0.137. The van der Waals surface area contributed by atoms with E-state index in [2.05, 4.69) is 12.1 Å². The Morgan fingerprint density at radius 2 is 2.05 bits per heavy atom. The molecule has 1 atom stereocenters. The Morgan fingerprint density at radius 1 is 1.36 bits per heavy atom. The fourth-order valence-electron chi connectivity index (χ4n) is 2.12. The van der Waals surface area contributed by atoms with Crippen LogP contribution in [-0.4, -0.2) is 12.6 Å². The van der Waals surface area contributed by atoms with Gasteiger partial charge in [-0.1, -0.05) is 42.1 Å². The molecule has 110 valence electrons. The molecule has 1 aliphatic heterocycles. The quantitative estimate of drug-likeness (QED) is 0.861. The monoisotopic (exact) mass is 311 g/mol. The van der Waals surface area contributed by atoms with Gasteiger partial charge in [-0.15, -0.1) is 0 Å². The fourth-order valence-corrected chi connectivity index (χ4v) is 3.10.